The van der Waals surface area contributed by atoms with Gasteiger partial charge in [0.25, 0.3) is 0 Å². The fraction of sp³-hybridized carbons (Fsp3) is 0.400. The highest BCUT2D eigenvalue weighted by molar-refractivity contribution is 5.17. The summed E-state index contributed by atoms with van der Waals surface area (Å²) in [4.78, 5) is 0. The second kappa shape index (κ2) is 3.40. The van der Waals surface area contributed by atoms with Crippen molar-refractivity contribution in [3.8, 4) is 0 Å². The third-order valence-corrected chi connectivity index (χ3v) is 1.91. The Kier molecular flexibility index (Phi) is 2.49. The van der Waals surface area contributed by atoms with Gasteiger partial charge in [0.05, 0.1) is 0 Å². The Morgan fingerprint density at radius 2 is 2.40 bits per heavy atom. The summed E-state index contributed by atoms with van der Waals surface area (Å²) in [5.74, 6) is 0.678. The van der Waals surface area contributed by atoms with Crippen LogP contribution in [0.2, 0.25) is 0 Å². The Bertz CT molecular complexity index is 176. The van der Waals surface area contributed by atoms with Crippen molar-refractivity contribution < 1.29 is 0 Å². The minimum atomic E-state index is 0.678. The smallest absolute Gasteiger partial charge is 0.0181 e. The number of rotatable bonds is 2. The van der Waals surface area contributed by atoms with E-state index in [0.29, 0.717) is 5.92 Å². The molecule has 0 spiro atoms. The van der Waals surface area contributed by atoms with Crippen LogP contribution in [-0.2, 0) is 0 Å². The number of hydrogen-bond acceptors (Lipinski definition) is 0. The standard InChI is InChI=1S/C10H13/c1-3-9(2)10-7-5-4-6-8-10/h4-5,7-9H,3H2,1-2H3. The van der Waals surface area contributed by atoms with Gasteiger partial charge in [0.1, 0.15) is 0 Å². The van der Waals surface area contributed by atoms with E-state index in [1.165, 1.54) is 12.0 Å². The Morgan fingerprint density at radius 1 is 1.60 bits per heavy atom. The summed E-state index contributed by atoms with van der Waals surface area (Å²) in [7, 11) is 0. The molecular weight excluding hydrogens is 120 g/mol. The van der Waals surface area contributed by atoms with E-state index in [9.17, 15) is 0 Å². The average Bonchev–Trinajstić information content (AvgIpc) is 2.05. The first-order valence-corrected chi connectivity index (χ1v) is 3.80. The van der Waals surface area contributed by atoms with Crippen molar-refractivity contribution in [2.24, 2.45) is 0 Å². The predicted molar refractivity (Wildman–Crippen MR) is 44.0 cm³/mol. The molecule has 0 fully saturated rings. The Hall–Kier alpha value is -0.780. The quantitative estimate of drug-likeness (QED) is 0.581. The van der Waals surface area contributed by atoms with E-state index in [1.807, 2.05) is 12.1 Å². The summed E-state index contributed by atoms with van der Waals surface area (Å²) in [5.41, 5.74) is 1.39. The summed E-state index contributed by atoms with van der Waals surface area (Å²) >= 11 is 0. The van der Waals surface area contributed by atoms with Crippen LogP contribution in [-0.4, -0.2) is 0 Å². The topological polar surface area (TPSA) is 0 Å². The molecule has 1 aromatic carbocycles. The molecule has 0 heterocycles. The van der Waals surface area contributed by atoms with E-state index in [4.69, 9.17) is 0 Å². The SMILES string of the molecule is CCC(C)c1c[c]ccc1. The third kappa shape index (κ3) is 1.60. The molecule has 0 aliphatic heterocycles. The monoisotopic (exact) mass is 133 g/mol. The van der Waals surface area contributed by atoms with Crippen molar-refractivity contribution >= 4 is 0 Å². The van der Waals surface area contributed by atoms with Crippen molar-refractivity contribution in [3.05, 3.63) is 35.9 Å². The van der Waals surface area contributed by atoms with Crippen LogP contribution in [0.3, 0.4) is 0 Å². The molecule has 0 aliphatic rings. The van der Waals surface area contributed by atoms with Crippen LogP contribution >= 0.6 is 0 Å². The van der Waals surface area contributed by atoms with Gasteiger partial charge in [-0.15, -0.1) is 0 Å². The normalized spacial score (nSPS) is 13.0. The van der Waals surface area contributed by atoms with E-state index < -0.39 is 0 Å². The first-order valence-electron chi connectivity index (χ1n) is 3.80. The summed E-state index contributed by atoms with van der Waals surface area (Å²) in [6.45, 7) is 4.45. The lowest BCUT2D eigenvalue weighted by Crippen LogP contribution is -1.88. The van der Waals surface area contributed by atoms with Gasteiger partial charge in [-0.2, -0.15) is 0 Å². The fourth-order valence-corrected chi connectivity index (χ4v) is 0.949. The molecule has 0 heteroatoms. The van der Waals surface area contributed by atoms with Crippen LogP contribution in [0, 0.1) is 6.07 Å². The summed E-state index contributed by atoms with van der Waals surface area (Å²) < 4.78 is 0. The van der Waals surface area contributed by atoms with Crippen LogP contribution in [0.5, 0.6) is 0 Å². The fourth-order valence-electron chi connectivity index (χ4n) is 0.949. The van der Waals surface area contributed by atoms with Gasteiger partial charge < -0.3 is 0 Å². The maximum Gasteiger partial charge on any atom is -0.0181 e. The molecule has 1 atom stereocenters. The summed E-state index contributed by atoms with van der Waals surface area (Å²) in [6.07, 6.45) is 1.21. The van der Waals surface area contributed by atoms with Crippen LogP contribution in [0.4, 0.5) is 0 Å². The third-order valence-electron chi connectivity index (χ3n) is 1.91. The molecule has 0 bridgehead atoms. The zero-order valence-electron chi connectivity index (χ0n) is 6.59. The lowest BCUT2D eigenvalue weighted by Gasteiger charge is -2.06. The molecule has 0 N–H and O–H groups in total. The van der Waals surface area contributed by atoms with Gasteiger partial charge in [0.2, 0.25) is 0 Å². The maximum atomic E-state index is 3.08. The van der Waals surface area contributed by atoms with Gasteiger partial charge in [-0.25, -0.2) is 0 Å². The first kappa shape index (κ1) is 7.33. The van der Waals surface area contributed by atoms with E-state index in [2.05, 4.69) is 32.0 Å². The van der Waals surface area contributed by atoms with Gasteiger partial charge >= 0.3 is 0 Å². The lowest BCUT2D eigenvalue weighted by molar-refractivity contribution is 0.733. The zero-order valence-corrected chi connectivity index (χ0v) is 6.59. The van der Waals surface area contributed by atoms with E-state index >= 15 is 0 Å². The summed E-state index contributed by atoms with van der Waals surface area (Å²) in [6, 6.07) is 11.3. The Balaban J connectivity index is 2.75. The Morgan fingerprint density at radius 3 is 2.90 bits per heavy atom. The molecule has 0 saturated heterocycles. The van der Waals surface area contributed by atoms with Crippen molar-refractivity contribution in [2.45, 2.75) is 26.2 Å². The number of hydrogen-bond donors (Lipinski definition) is 0. The van der Waals surface area contributed by atoms with Crippen molar-refractivity contribution in [2.75, 3.05) is 0 Å². The molecule has 1 aromatic rings. The molecule has 0 amide bonds. The maximum absolute atomic E-state index is 3.08. The van der Waals surface area contributed by atoms with Gasteiger partial charge in [0.15, 0.2) is 0 Å². The molecule has 10 heavy (non-hydrogen) atoms. The molecule has 0 aliphatic carbocycles. The first-order chi connectivity index (χ1) is 4.84. The minimum Gasteiger partial charge on any atom is -0.0648 e. The molecule has 0 aromatic heterocycles. The van der Waals surface area contributed by atoms with Gasteiger partial charge in [-0.1, -0.05) is 38.1 Å². The second-order valence-corrected chi connectivity index (χ2v) is 2.65. The van der Waals surface area contributed by atoms with E-state index in [1.54, 1.807) is 0 Å². The second-order valence-electron chi connectivity index (χ2n) is 2.65. The van der Waals surface area contributed by atoms with Crippen LogP contribution in [0.15, 0.2) is 24.3 Å². The van der Waals surface area contributed by atoms with E-state index in [0.717, 1.165) is 0 Å². The van der Waals surface area contributed by atoms with Crippen molar-refractivity contribution in [3.63, 3.8) is 0 Å². The van der Waals surface area contributed by atoms with Crippen LogP contribution < -0.4 is 0 Å². The average molecular weight is 133 g/mol. The highest BCUT2D eigenvalue weighted by Crippen LogP contribution is 2.16. The van der Waals surface area contributed by atoms with E-state index in [-0.39, 0.29) is 0 Å². The van der Waals surface area contributed by atoms with Gasteiger partial charge in [-0.3, -0.25) is 0 Å². The largest absolute Gasteiger partial charge is 0.0648 e. The van der Waals surface area contributed by atoms with Crippen LogP contribution in [0.25, 0.3) is 0 Å². The minimum absolute atomic E-state index is 0.678. The van der Waals surface area contributed by atoms with Crippen molar-refractivity contribution in [1.82, 2.24) is 0 Å². The van der Waals surface area contributed by atoms with Gasteiger partial charge in [0, 0.05) is 0 Å². The van der Waals surface area contributed by atoms with Crippen LogP contribution in [0.1, 0.15) is 31.7 Å². The molecule has 1 rings (SSSR count). The summed E-state index contributed by atoms with van der Waals surface area (Å²) in [5, 5.41) is 0. The highest BCUT2D eigenvalue weighted by Gasteiger charge is 1.99. The Labute approximate surface area is 62.9 Å². The molecule has 0 saturated carbocycles. The molecule has 1 unspecified atom stereocenters. The molecular formula is C10H13. The highest BCUT2D eigenvalue weighted by atomic mass is 14.0. The lowest BCUT2D eigenvalue weighted by atomic mass is 9.99. The zero-order chi connectivity index (χ0) is 7.40. The molecule has 1 radical (unpaired) electrons. The van der Waals surface area contributed by atoms with Gasteiger partial charge in [-0.05, 0) is 24.0 Å². The number of benzene rings is 1. The predicted octanol–water partition coefficient (Wildman–Crippen LogP) is 3.00. The van der Waals surface area contributed by atoms with Crippen molar-refractivity contribution in [1.29, 1.82) is 0 Å². The molecule has 53 valence electrons. The molecule has 0 nitrogen and oxygen atoms in total.